The Bertz CT molecular complexity index is 868. The Hall–Kier alpha value is -2.57. The van der Waals surface area contributed by atoms with E-state index in [1.807, 2.05) is 0 Å². The molecule has 0 unspecified atom stereocenters. The van der Waals surface area contributed by atoms with Gasteiger partial charge in [-0.05, 0) is 19.1 Å². The van der Waals surface area contributed by atoms with Crippen LogP contribution in [0.1, 0.15) is 23.1 Å². The monoisotopic (exact) mass is 308 g/mol. The quantitative estimate of drug-likeness (QED) is 0.730. The van der Waals surface area contributed by atoms with Crippen molar-refractivity contribution in [3.63, 3.8) is 0 Å². The fourth-order valence-corrected chi connectivity index (χ4v) is 2.36. The number of aromatic nitrogens is 2. The highest BCUT2D eigenvalue weighted by molar-refractivity contribution is 6.09. The van der Waals surface area contributed by atoms with Gasteiger partial charge in [-0.15, -0.1) is 0 Å². The summed E-state index contributed by atoms with van der Waals surface area (Å²) in [6.45, 7) is 1.64. The van der Waals surface area contributed by atoms with E-state index in [-0.39, 0.29) is 17.8 Å². The molecular formula is C15H11F3N2O2. The molecular weight excluding hydrogens is 297 g/mol. The lowest BCUT2D eigenvalue weighted by molar-refractivity contribution is -0.139. The van der Waals surface area contributed by atoms with E-state index in [9.17, 15) is 18.0 Å². The van der Waals surface area contributed by atoms with Crippen LogP contribution < -0.4 is 0 Å². The molecule has 114 valence electrons. The minimum atomic E-state index is -4.68. The molecule has 2 heterocycles. The number of halogens is 3. The zero-order valence-corrected chi connectivity index (χ0v) is 11.5. The van der Waals surface area contributed by atoms with Gasteiger partial charge < -0.3 is 9.72 Å². The third-order valence-electron chi connectivity index (χ3n) is 3.25. The third kappa shape index (κ3) is 2.28. The van der Waals surface area contributed by atoms with Gasteiger partial charge in [-0.2, -0.15) is 13.2 Å². The number of para-hydroxylation sites is 1. The van der Waals surface area contributed by atoms with Gasteiger partial charge >= 0.3 is 12.1 Å². The van der Waals surface area contributed by atoms with Crippen LogP contribution in [0.2, 0.25) is 0 Å². The lowest BCUT2D eigenvalue weighted by Gasteiger charge is -2.09. The molecule has 7 heteroatoms. The average Bonchev–Trinajstić information content (AvgIpc) is 2.84. The molecule has 0 aliphatic carbocycles. The molecule has 0 fully saturated rings. The number of H-pyrrole nitrogens is 1. The summed E-state index contributed by atoms with van der Waals surface area (Å²) < 4.78 is 44.5. The number of pyridine rings is 1. The fraction of sp³-hybridized carbons (Fsp3) is 0.200. The van der Waals surface area contributed by atoms with Gasteiger partial charge in [0.1, 0.15) is 5.69 Å². The van der Waals surface area contributed by atoms with E-state index in [1.54, 1.807) is 31.2 Å². The number of carbonyl (C=O) groups is 1. The maximum Gasteiger partial charge on any atom is 0.435 e. The molecule has 0 radical (unpaired) electrons. The van der Waals surface area contributed by atoms with Crippen molar-refractivity contribution in [2.24, 2.45) is 0 Å². The highest BCUT2D eigenvalue weighted by Crippen LogP contribution is 2.36. The predicted molar refractivity (Wildman–Crippen MR) is 74.6 cm³/mol. The van der Waals surface area contributed by atoms with E-state index in [1.165, 1.54) is 6.07 Å². The number of esters is 1. The van der Waals surface area contributed by atoms with Crippen LogP contribution in [0.3, 0.4) is 0 Å². The molecule has 3 rings (SSSR count). The first-order valence-electron chi connectivity index (χ1n) is 6.57. The SMILES string of the molecule is CCOC(=O)c1cc2c([nH]c3ccccc32)c(C(F)(F)F)n1. The number of hydrogen-bond donors (Lipinski definition) is 1. The van der Waals surface area contributed by atoms with Crippen LogP contribution in [0.4, 0.5) is 13.2 Å². The Morgan fingerprint density at radius 3 is 2.68 bits per heavy atom. The Morgan fingerprint density at radius 1 is 1.27 bits per heavy atom. The lowest BCUT2D eigenvalue weighted by atomic mass is 10.1. The largest absolute Gasteiger partial charge is 0.461 e. The van der Waals surface area contributed by atoms with Crippen molar-refractivity contribution < 1.29 is 22.7 Å². The Morgan fingerprint density at radius 2 is 2.00 bits per heavy atom. The van der Waals surface area contributed by atoms with Crippen LogP contribution in [0, 0.1) is 0 Å². The van der Waals surface area contributed by atoms with Gasteiger partial charge in [0, 0.05) is 16.3 Å². The summed E-state index contributed by atoms with van der Waals surface area (Å²) in [4.78, 5) is 17.9. The molecule has 3 aromatic rings. The summed E-state index contributed by atoms with van der Waals surface area (Å²) in [5, 5.41) is 0.886. The maximum atomic E-state index is 13.2. The fourth-order valence-electron chi connectivity index (χ4n) is 2.36. The van der Waals surface area contributed by atoms with Crippen LogP contribution in [0.15, 0.2) is 30.3 Å². The van der Waals surface area contributed by atoms with E-state index in [2.05, 4.69) is 9.97 Å². The van der Waals surface area contributed by atoms with Crippen molar-refractivity contribution in [3.8, 4) is 0 Å². The number of nitrogens with one attached hydrogen (secondary N) is 1. The third-order valence-corrected chi connectivity index (χ3v) is 3.25. The second-order valence-corrected chi connectivity index (χ2v) is 4.67. The van der Waals surface area contributed by atoms with Crippen LogP contribution in [-0.2, 0) is 10.9 Å². The van der Waals surface area contributed by atoms with E-state index in [0.717, 1.165) is 0 Å². The number of hydrogen-bond acceptors (Lipinski definition) is 3. The number of rotatable bonds is 2. The van der Waals surface area contributed by atoms with Crippen molar-refractivity contribution in [1.29, 1.82) is 0 Å². The predicted octanol–water partition coefficient (Wildman–Crippen LogP) is 3.91. The first-order valence-corrected chi connectivity index (χ1v) is 6.57. The van der Waals surface area contributed by atoms with Gasteiger partial charge in [0.2, 0.25) is 0 Å². The number of carbonyl (C=O) groups excluding carboxylic acids is 1. The number of aromatic amines is 1. The van der Waals surface area contributed by atoms with Crippen LogP contribution >= 0.6 is 0 Å². The highest BCUT2D eigenvalue weighted by atomic mass is 19.4. The highest BCUT2D eigenvalue weighted by Gasteiger charge is 2.37. The molecule has 2 aromatic heterocycles. The van der Waals surface area contributed by atoms with E-state index in [0.29, 0.717) is 16.3 Å². The first kappa shape index (κ1) is 14.4. The van der Waals surface area contributed by atoms with Gasteiger partial charge in [0.25, 0.3) is 0 Å². The van der Waals surface area contributed by atoms with Crippen molar-refractivity contribution in [2.75, 3.05) is 6.61 Å². The summed E-state index contributed by atoms with van der Waals surface area (Å²) in [5.74, 6) is -0.875. The smallest absolute Gasteiger partial charge is 0.435 e. The standard InChI is InChI=1S/C15H11F3N2O2/c1-2-22-14(21)11-7-9-8-5-3-4-6-10(8)19-12(9)13(20-11)15(16,17)18/h3-7,19H,2H2,1H3. The van der Waals surface area contributed by atoms with Gasteiger partial charge in [-0.3, -0.25) is 0 Å². The average molecular weight is 308 g/mol. The van der Waals surface area contributed by atoms with E-state index in [4.69, 9.17) is 4.74 Å². The van der Waals surface area contributed by atoms with Crippen molar-refractivity contribution in [1.82, 2.24) is 9.97 Å². The van der Waals surface area contributed by atoms with Crippen molar-refractivity contribution >= 4 is 27.8 Å². The zero-order valence-electron chi connectivity index (χ0n) is 11.5. The molecule has 0 atom stereocenters. The van der Waals surface area contributed by atoms with Crippen molar-refractivity contribution in [2.45, 2.75) is 13.1 Å². The molecule has 0 saturated carbocycles. The Balaban J connectivity index is 2.37. The summed E-state index contributed by atoms with van der Waals surface area (Å²) >= 11 is 0. The number of nitrogens with zero attached hydrogens (tertiary/aromatic N) is 1. The second-order valence-electron chi connectivity index (χ2n) is 4.67. The molecule has 4 nitrogen and oxygen atoms in total. The molecule has 0 amide bonds. The van der Waals surface area contributed by atoms with Gasteiger partial charge in [0.15, 0.2) is 5.69 Å². The van der Waals surface area contributed by atoms with E-state index < -0.39 is 17.8 Å². The maximum absolute atomic E-state index is 13.2. The number of ether oxygens (including phenoxy) is 1. The minimum Gasteiger partial charge on any atom is -0.461 e. The Labute approximate surface area is 122 Å². The van der Waals surface area contributed by atoms with E-state index >= 15 is 0 Å². The molecule has 0 aliphatic rings. The molecule has 22 heavy (non-hydrogen) atoms. The summed E-state index contributed by atoms with van der Waals surface area (Å²) in [6, 6.07) is 8.10. The normalized spacial score (nSPS) is 12.0. The number of benzene rings is 1. The molecule has 0 spiro atoms. The lowest BCUT2D eigenvalue weighted by Crippen LogP contribution is -2.14. The minimum absolute atomic E-state index is 0.0633. The molecule has 0 aliphatic heterocycles. The first-order chi connectivity index (χ1) is 10.4. The second kappa shape index (κ2) is 5.01. The molecule has 0 bridgehead atoms. The van der Waals surface area contributed by atoms with Gasteiger partial charge in [-0.25, -0.2) is 9.78 Å². The molecule has 1 aromatic carbocycles. The Kier molecular flexibility index (Phi) is 3.27. The molecule has 0 saturated heterocycles. The summed E-state index contributed by atoms with van der Waals surface area (Å²) in [6.07, 6.45) is -4.68. The van der Waals surface area contributed by atoms with Gasteiger partial charge in [0.05, 0.1) is 12.1 Å². The summed E-state index contributed by atoms with van der Waals surface area (Å²) in [5.41, 5.74) is -1.07. The number of alkyl halides is 3. The van der Waals surface area contributed by atoms with Crippen LogP contribution in [0.5, 0.6) is 0 Å². The zero-order chi connectivity index (χ0) is 15.9. The number of fused-ring (bicyclic) bond motifs is 3. The van der Waals surface area contributed by atoms with Gasteiger partial charge in [-0.1, -0.05) is 18.2 Å². The van der Waals surface area contributed by atoms with Crippen LogP contribution in [0.25, 0.3) is 21.8 Å². The van der Waals surface area contributed by atoms with Crippen molar-refractivity contribution in [3.05, 3.63) is 41.7 Å². The summed E-state index contributed by atoms with van der Waals surface area (Å²) in [7, 11) is 0. The topological polar surface area (TPSA) is 55.0 Å². The molecule has 1 N–H and O–H groups in total. The van der Waals surface area contributed by atoms with Crippen LogP contribution in [-0.4, -0.2) is 22.5 Å².